The summed E-state index contributed by atoms with van der Waals surface area (Å²) in [6.45, 7) is 9.89. The van der Waals surface area contributed by atoms with Gasteiger partial charge in [-0.1, -0.05) is 39.8 Å². The van der Waals surface area contributed by atoms with Gasteiger partial charge >= 0.3 is 0 Å². The molecule has 100 valence electrons. The molecule has 0 saturated carbocycles. The zero-order valence-corrected chi connectivity index (χ0v) is 12.0. The minimum atomic E-state index is -0.967. The Balaban J connectivity index is 3.49. The van der Waals surface area contributed by atoms with Gasteiger partial charge in [-0.3, -0.25) is 0 Å². The van der Waals surface area contributed by atoms with Crippen molar-refractivity contribution in [2.75, 3.05) is 0 Å². The monoisotopic (exact) mass is 250 g/mol. The van der Waals surface area contributed by atoms with Crippen molar-refractivity contribution in [3.63, 3.8) is 0 Å². The fraction of sp³-hybridized carbons (Fsp3) is 0.562. The van der Waals surface area contributed by atoms with E-state index in [1.54, 1.807) is 6.92 Å². The molecule has 1 aromatic carbocycles. The van der Waals surface area contributed by atoms with E-state index in [0.29, 0.717) is 18.3 Å². The Morgan fingerprint density at radius 1 is 1.06 bits per heavy atom. The topological polar surface area (TPSA) is 17.1 Å². The minimum absolute atomic E-state index is 0.302. The van der Waals surface area contributed by atoms with Gasteiger partial charge in [-0.15, -0.1) is 0 Å². The van der Waals surface area contributed by atoms with Crippen LogP contribution in [0, 0.1) is 0 Å². The van der Waals surface area contributed by atoms with E-state index < -0.39 is 6.17 Å². The van der Waals surface area contributed by atoms with Crippen LogP contribution in [0.4, 0.5) is 4.39 Å². The van der Waals surface area contributed by atoms with Crippen LogP contribution in [0.5, 0.6) is 0 Å². The number of alkyl halides is 1. The van der Waals surface area contributed by atoms with E-state index in [1.807, 2.05) is 12.1 Å². The number of hydrogen-bond acceptors (Lipinski definition) is 1. The van der Waals surface area contributed by atoms with Crippen molar-refractivity contribution in [1.29, 1.82) is 0 Å². The van der Waals surface area contributed by atoms with Crippen LogP contribution in [0.25, 0.3) is 0 Å². The molecule has 0 aliphatic rings. The highest BCUT2D eigenvalue weighted by Gasteiger charge is 2.17. The first-order chi connectivity index (χ1) is 8.38. The first-order valence-corrected chi connectivity index (χ1v) is 6.62. The first kappa shape index (κ1) is 14.9. The van der Waals surface area contributed by atoms with E-state index in [4.69, 9.17) is 0 Å². The highest BCUT2D eigenvalue weighted by molar-refractivity contribution is 5.59. The Hall–Kier alpha value is -1.18. The zero-order valence-electron chi connectivity index (χ0n) is 12.0. The van der Waals surface area contributed by atoms with Crippen LogP contribution >= 0.6 is 0 Å². The second-order valence-corrected chi connectivity index (χ2v) is 5.47. The molecule has 1 nitrogen and oxygen atoms in total. The number of aldehydes is 1. The standard InChI is InChI=1S/C16H23FO/c1-10(2)15-8-13(12(5)17)9-16(11(3)4)14(15)6-7-18/h7-12H,6H2,1-5H3/t12-/m1/s1. The van der Waals surface area contributed by atoms with Crippen molar-refractivity contribution in [3.8, 4) is 0 Å². The van der Waals surface area contributed by atoms with Gasteiger partial charge in [0.2, 0.25) is 0 Å². The van der Waals surface area contributed by atoms with Gasteiger partial charge in [-0.25, -0.2) is 4.39 Å². The number of carbonyl (C=O) groups is 1. The quantitative estimate of drug-likeness (QED) is 0.692. The van der Waals surface area contributed by atoms with Crippen molar-refractivity contribution in [3.05, 3.63) is 34.4 Å². The van der Waals surface area contributed by atoms with E-state index in [9.17, 15) is 9.18 Å². The second-order valence-electron chi connectivity index (χ2n) is 5.47. The van der Waals surface area contributed by atoms with Crippen LogP contribution in [0.2, 0.25) is 0 Å². The third-order valence-corrected chi connectivity index (χ3v) is 3.33. The molecule has 0 radical (unpaired) electrons. The zero-order chi connectivity index (χ0) is 13.9. The summed E-state index contributed by atoms with van der Waals surface area (Å²) in [5, 5.41) is 0. The summed E-state index contributed by atoms with van der Waals surface area (Å²) in [5.41, 5.74) is 4.01. The number of halogens is 1. The molecule has 0 aromatic heterocycles. The van der Waals surface area contributed by atoms with E-state index in [1.165, 1.54) is 0 Å². The molecule has 1 aromatic rings. The van der Waals surface area contributed by atoms with Crippen LogP contribution in [-0.4, -0.2) is 6.29 Å². The van der Waals surface area contributed by atoms with E-state index in [2.05, 4.69) is 27.7 Å². The van der Waals surface area contributed by atoms with Crippen LogP contribution in [-0.2, 0) is 11.2 Å². The van der Waals surface area contributed by atoms with Crippen molar-refractivity contribution in [2.45, 2.75) is 59.0 Å². The summed E-state index contributed by atoms with van der Waals surface area (Å²) in [5.74, 6) is 0.604. The van der Waals surface area contributed by atoms with E-state index >= 15 is 0 Å². The molecule has 0 N–H and O–H groups in total. The largest absolute Gasteiger partial charge is 0.303 e. The third kappa shape index (κ3) is 3.18. The third-order valence-electron chi connectivity index (χ3n) is 3.33. The molecule has 0 amide bonds. The Labute approximate surface area is 109 Å². The molecule has 0 aliphatic carbocycles. The average Bonchev–Trinajstić information content (AvgIpc) is 2.28. The number of benzene rings is 1. The maximum atomic E-state index is 13.6. The SMILES string of the molecule is CC(C)c1cc([C@@H](C)F)cc(C(C)C)c1CC=O. The van der Waals surface area contributed by atoms with Crippen molar-refractivity contribution < 1.29 is 9.18 Å². The van der Waals surface area contributed by atoms with E-state index in [-0.39, 0.29) is 0 Å². The Bertz CT molecular complexity index is 390. The number of hydrogen-bond donors (Lipinski definition) is 0. The van der Waals surface area contributed by atoms with Gasteiger partial charge in [-0.2, -0.15) is 0 Å². The van der Waals surface area contributed by atoms with Crippen LogP contribution in [0.1, 0.15) is 74.9 Å². The lowest BCUT2D eigenvalue weighted by Crippen LogP contribution is -2.06. The first-order valence-electron chi connectivity index (χ1n) is 6.62. The van der Waals surface area contributed by atoms with Gasteiger partial charge in [0, 0.05) is 6.42 Å². The fourth-order valence-corrected chi connectivity index (χ4v) is 2.32. The van der Waals surface area contributed by atoms with Crippen molar-refractivity contribution >= 4 is 6.29 Å². The van der Waals surface area contributed by atoms with Crippen molar-refractivity contribution in [1.82, 2.24) is 0 Å². The smallest absolute Gasteiger partial charge is 0.124 e. The van der Waals surface area contributed by atoms with Gasteiger partial charge in [-0.05, 0) is 41.0 Å². The molecule has 1 atom stereocenters. The average molecular weight is 250 g/mol. The summed E-state index contributed by atoms with van der Waals surface area (Å²) in [6.07, 6.45) is 0.387. The van der Waals surface area contributed by atoms with Gasteiger partial charge in [0.1, 0.15) is 12.5 Å². The molecule has 0 bridgehead atoms. The molecule has 0 spiro atoms. The number of rotatable bonds is 5. The summed E-state index contributed by atoms with van der Waals surface area (Å²) < 4.78 is 13.6. The Kier molecular flexibility index (Phi) is 5.06. The predicted molar refractivity (Wildman–Crippen MR) is 73.9 cm³/mol. The van der Waals surface area contributed by atoms with Gasteiger partial charge in [0.15, 0.2) is 0 Å². The molecular weight excluding hydrogens is 227 g/mol. The lowest BCUT2D eigenvalue weighted by molar-refractivity contribution is -0.107. The van der Waals surface area contributed by atoms with Crippen molar-refractivity contribution in [2.24, 2.45) is 0 Å². The van der Waals surface area contributed by atoms with Gasteiger partial charge in [0.25, 0.3) is 0 Å². The molecule has 2 heteroatoms. The molecule has 0 fully saturated rings. The predicted octanol–water partition coefficient (Wildman–Crippen LogP) is 4.71. The molecule has 0 heterocycles. The second kappa shape index (κ2) is 6.12. The lowest BCUT2D eigenvalue weighted by Gasteiger charge is -2.21. The van der Waals surface area contributed by atoms with Crippen LogP contribution < -0.4 is 0 Å². The maximum Gasteiger partial charge on any atom is 0.124 e. The van der Waals surface area contributed by atoms with Crippen LogP contribution in [0.15, 0.2) is 12.1 Å². The molecule has 0 saturated heterocycles. The molecule has 0 aliphatic heterocycles. The Morgan fingerprint density at radius 2 is 1.50 bits per heavy atom. The molecule has 18 heavy (non-hydrogen) atoms. The number of carbonyl (C=O) groups excluding carboxylic acids is 1. The minimum Gasteiger partial charge on any atom is -0.303 e. The lowest BCUT2D eigenvalue weighted by atomic mass is 9.85. The van der Waals surface area contributed by atoms with Crippen LogP contribution in [0.3, 0.4) is 0 Å². The molecule has 1 rings (SSSR count). The summed E-state index contributed by atoms with van der Waals surface area (Å²) in [4.78, 5) is 10.9. The summed E-state index contributed by atoms with van der Waals surface area (Å²) >= 11 is 0. The van der Waals surface area contributed by atoms with Gasteiger partial charge < -0.3 is 4.79 Å². The molecular formula is C16H23FO. The normalized spacial score (nSPS) is 13.1. The Morgan fingerprint density at radius 3 is 1.78 bits per heavy atom. The highest BCUT2D eigenvalue weighted by atomic mass is 19.1. The van der Waals surface area contributed by atoms with Gasteiger partial charge in [0.05, 0.1) is 0 Å². The van der Waals surface area contributed by atoms with E-state index in [0.717, 1.165) is 28.5 Å². The summed E-state index contributed by atoms with van der Waals surface area (Å²) in [7, 11) is 0. The highest BCUT2D eigenvalue weighted by Crippen LogP contribution is 2.32. The fourth-order valence-electron chi connectivity index (χ4n) is 2.32. The maximum absolute atomic E-state index is 13.6. The summed E-state index contributed by atoms with van der Waals surface area (Å²) in [6, 6.07) is 3.83. The molecule has 0 unspecified atom stereocenters.